The molecule has 1 N–H and O–H groups in total. The lowest BCUT2D eigenvalue weighted by atomic mass is 9.94. The highest BCUT2D eigenvalue weighted by atomic mass is 16.6. The normalized spacial score (nSPS) is 13.8. The Morgan fingerprint density at radius 2 is 2.06 bits per heavy atom. The minimum absolute atomic E-state index is 0.0473. The van der Waals surface area contributed by atoms with Gasteiger partial charge in [-0.1, -0.05) is 30.3 Å². The highest BCUT2D eigenvalue weighted by Gasteiger charge is 2.44. The molecule has 0 amide bonds. The van der Waals surface area contributed by atoms with Crippen molar-refractivity contribution in [2.24, 2.45) is 0 Å². The number of rotatable bonds is 5. The largest absolute Gasteiger partial charge is 0.463 e. The maximum absolute atomic E-state index is 11.6. The molecule has 0 radical (unpaired) electrons. The van der Waals surface area contributed by atoms with Crippen molar-refractivity contribution in [3.05, 3.63) is 46.0 Å². The van der Waals surface area contributed by atoms with E-state index in [0.29, 0.717) is 0 Å². The van der Waals surface area contributed by atoms with Crippen LogP contribution in [0, 0.1) is 10.1 Å². The van der Waals surface area contributed by atoms with Gasteiger partial charge >= 0.3 is 5.97 Å². The van der Waals surface area contributed by atoms with Gasteiger partial charge in [-0.15, -0.1) is 0 Å². The predicted octanol–water partition coefficient (Wildman–Crippen LogP) is 0.714. The minimum atomic E-state index is -2.24. The van der Waals surface area contributed by atoms with Crippen molar-refractivity contribution in [2.45, 2.75) is 12.5 Å². The third-order valence-electron chi connectivity index (χ3n) is 2.22. The fourth-order valence-corrected chi connectivity index (χ4v) is 1.42. The number of ether oxygens (including phenoxy) is 1. The van der Waals surface area contributed by atoms with Gasteiger partial charge in [-0.3, -0.25) is 10.1 Å². The smallest absolute Gasteiger partial charge is 0.349 e. The molecule has 17 heavy (non-hydrogen) atoms. The van der Waals surface area contributed by atoms with Crippen molar-refractivity contribution in [1.29, 1.82) is 0 Å². The zero-order chi connectivity index (χ0) is 12.9. The Hall–Kier alpha value is -1.95. The maximum atomic E-state index is 11.6. The summed E-state index contributed by atoms with van der Waals surface area (Å²) in [6, 6.07) is 7.74. The van der Waals surface area contributed by atoms with Crippen molar-refractivity contribution in [1.82, 2.24) is 0 Å². The third kappa shape index (κ3) is 3.01. The summed E-state index contributed by atoms with van der Waals surface area (Å²) in [6.07, 6.45) is 0. The van der Waals surface area contributed by atoms with Crippen molar-refractivity contribution in [2.75, 3.05) is 13.2 Å². The van der Waals surface area contributed by atoms with Crippen LogP contribution in [0.5, 0.6) is 0 Å². The molecule has 0 aromatic heterocycles. The molecule has 0 spiro atoms. The quantitative estimate of drug-likeness (QED) is 0.464. The van der Waals surface area contributed by atoms with Crippen LogP contribution in [0.3, 0.4) is 0 Å². The van der Waals surface area contributed by atoms with Crippen molar-refractivity contribution in [3.8, 4) is 0 Å². The van der Waals surface area contributed by atoms with E-state index in [2.05, 4.69) is 4.74 Å². The van der Waals surface area contributed by atoms with Gasteiger partial charge in [0, 0.05) is 10.5 Å². The van der Waals surface area contributed by atoms with Crippen LogP contribution in [0.4, 0.5) is 0 Å². The SMILES string of the molecule is CCOC(=O)[C@@](O)(C[N+](=O)[O-])c1ccccc1. The Morgan fingerprint density at radius 1 is 1.47 bits per heavy atom. The zero-order valence-corrected chi connectivity index (χ0v) is 9.33. The Kier molecular flexibility index (Phi) is 4.17. The summed E-state index contributed by atoms with van der Waals surface area (Å²) in [5.41, 5.74) is -2.09. The topological polar surface area (TPSA) is 89.7 Å². The summed E-state index contributed by atoms with van der Waals surface area (Å²) in [7, 11) is 0. The van der Waals surface area contributed by atoms with Crippen molar-refractivity contribution < 1.29 is 19.6 Å². The molecule has 0 aliphatic heterocycles. The Balaban J connectivity index is 3.10. The van der Waals surface area contributed by atoms with E-state index in [0.717, 1.165) is 0 Å². The Labute approximate surface area is 98.0 Å². The van der Waals surface area contributed by atoms with E-state index in [1.807, 2.05) is 0 Å². The average Bonchev–Trinajstić information content (AvgIpc) is 2.29. The molecule has 6 nitrogen and oxygen atoms in total. The number of benzene rings is 1. The van der Waals surface area contributed by atoms with Crippen molar-refractivity contribution >= 4 is 5.97 Å². The lowest BCUT2D eigenvalue weighted by molar-refractivity contribution is -0.499. The average molecular weight is 239 g/mol. The molecule has 1 aromatic carbocycles. The molecule has 0 saturated carbocycles. The maximum Gasteiger partial charge on any atom is 0.349 e. The molecule has 0 heterocycles. The summed E-state index contributed by atoms with van der Waals surface area (Å²) in [4.78, 5) is 21.4. The van der Waals surface area contributed by atoms with Gasteiger partial charge in [0.25, 0.3) is 5.60 Å². The van der Waals surface area contributed by atoms with Gasteiger partial charge in [-0.05, 0) is 6.92 Å². The van der Waals surface area contributed by atoms with Crippen LogP contribution in [0.1, 0.15) is 12.5 Å². The van der Waals surface area contributed by atoms with Crippen LogP contribution in [0.2, 0.25) is 0 Å². The number of aliphatic hydroxyl groups is 1. The summed E-state index contributed by atoms with van der Waals surface area (Å²) in [6.45, 7) is 0.691. The van der Waals surface area contributed by atoms with Crippen LogP contribution in [0.25, 0.3) is 0 Å². The van der Waals surface area contributed by atoms with E-state index < -0.39 is 23.0 Å². The Morgan fingerprint density at radius 3 is 2.53 bits per heavy atom. The minimum Gasteiger partial charge on any atom is -0.463 e. The van der Waals surface area contributed by atoms with Gasteiger partial charge < -0.3 is 9.84 Å². The first kappa shape index (κ1) is 13.1. The molecule has 1 rings (SSSR count). The second-order valence-electron chi connectivity index (χ2n) is 3.44. The number of hydrogen-bond donors (Lipinski definition) is 1. The molecule has 92 valence electrons. The van der Waals surface area contributed by atoms with Gasteiger partial charge in [0.15, 0.2) is 0 Å². The molecule has 0 bridgehead atoms. The number of esters is 1. The van der Waals surface area contributed by atoms with E-state index in [4.69, 9.17) is 0 Å². The summed E-state index contributed by atoms with van der Waals surface area (Å²) >= 11 is 0. The van der Waals surface area contributed by atoms with E-state index in [-0.39, 0.29) is 12.2 Å². The second-order valence-corrected chi connectivity index (χ2v) is 3.44. The summed E-state index contributed by atoms with van der Waals surface area (Å²) in [5.74, 6) is -1.01. The van der Waals surface area contributed by atoms with Crippen LogP contribution < -0.4 is 0 Å². The first-order valence-electron chi connectivity index (χ1n) is 5.07. The van der Waals surface area contributed by atoms with Crippen LogP contribution in [0.15, 0.2) is 30.3 Å². The molecule has 0 aliphatic carbocycles. The zero-order valence-electron chi connectivity index (χ0n) is 9.33. The van der Waals surface area contributed by atoms with E-state index in [9.17, 15) is 20.0 Å². The van der Waals surface area contributed by atoms with Gasteiger partial charge in [0.2, 0.25) is 6.54 Å². The van der Waals surface area contributed by atoms with Crippen LogP contribution in [-0.4, -0.2) is 29.2 Å². The summed E-state index contributed by atoms with van der Waals surface area (Å²) < 4.78 is 4.67. The lowest BCUT2D eigenvalue weighted by Crippen LogP contribution is -2.43. The second kappa shape index (κ2) is 5.40. The molecule has 1 aromatic rings. The highest BCUT2D eigenvalue weighted by molar-refractivity contribution is 5.81. The van der Waals surface area contributed by atoms with Crippen LogP contribution >= 0.6 is 0 Å². The van der Waals surface area contributed by atoms with E-state index in [1.54, 1.807) is 25.1 Å². The fourth-order valence-electron chi connectivity index (χ4n) is 1.42. The molecule has 0 aliphatic rings. The monoisotopic (exact) mass is 239 g/mol. The van der Waals surface area contributed by atoms with Gasteiger partial charge in [0.1, 0.15) is 0 Å². The molecule has 6 heteroatoms. The number of hydrogen-bond acceptors (Lipinski definition) is 5. The molecular weight excluding hydrogens is 226 g/mol. The predicted molar refractivity (Wildman–Crippen MR) is 58.8 cm³/mol. The molecule has 0 saturated heterocycles. The number of nitro groups is 1. The number of carbonyl (C=O) groups excluding carboxylic acids is 1. The van der Waals surface area contributed by atoms with E-state index in [1.165, 1.54) is 12.1 Å². The standard InChI is InChI=1S/C11H13NO5/c1-2-17-10(13)11(14,8-12(15)16)9-6-4-3-5-7-9/h3-7,14H,2,8H2,1H3/t11-/m1/s1. The molecular formula is C11H13NO5. The highest BCUT2D eigenvalue weighted by Crippen LogP contribution is 2.23. The first-order chi connectivity index (χ1) is 8.00. The molecule has 0 fully saturated rings. The summed E-state index contributed by atoms with van der Waals surface area (Å²) in [5, 5.41) is 20.7. The number of carbonyl (C=O) groups is 1. The van der Waals surface area contributed by atoms with Crippen LogP contribution in [-0.2, 0) is 15.1 Å². The third-order valence-corrected chi connectivity index (χ3v) is 2.22. The van der Waals surface area contributed by atoms with Gasteiger partial charge in [-0.25, -0.2) is 4.79 Å². The Bertz CT molecular complexity index is 406. The fraction of sp³-hybridized carbons (Fsp3) is 0.364. The van der Waals surface area contributed by atoms with Gasteiger partial charge in [0.05, 0.1) is 6.61 Å². The number of nitrogens with zero attached hydrogens (tertiary/aromatic N) is 1. The first-order valence-corrected chi connectivity index (χ1v) is 5.07. The van der Waals surface area contributed by atoms with Crippen molar-refractivity contribution in [3.63, 3.8) is 0 Å². The van der Waals surface area contributed by atoms with Gasteiger partial charge in [-0.2, -0.15) is 0 Å². The molecule has 0 unspecified atom stereocenters. The lowest BCUT2D eigenvalue weighted by Gasteiger charge is -2.21. The van der Waals surface area contributed by atoms with E-state index >= 15 is 0 Å². The molecule has 1 atom stereocenters.